The standard InChI is InChI=1S/C19H21N3O6/c1-11(21)14(8-20)16(23)10-28-19(25)12-6-18(24)22(9-12)15-5-4-13(26-2)7-17(15)27-3/h4-5,7,12,14,21H,6,9-10H2,1-3H3/t12-,14?/m0/s1. The largest absolute Gasteiger partial charge is 0.497 e. The fourth-order valence-corrected chi connectivity index (χ4v) is 2.86. The molecule has 0 aliphatic carbocycles. The van der Waals surface area contributed by atoms with Gasteiger partial charge in [-0.15, -0.1) is 0 Å². The van der Waals surface area contributed by atoms with Crippen molar-refractivity contribution < 1.29 is 28.6 Å². The third-order valence-corrected chi connectivity index (χ3v) is 4.38. The third kappa shape index (κ3) is 4.46. The molecule has 0 bridgehead atoms. The van der Waals surface area contributed by atoms with Gasteiger partial charge >= 0.3 is 5.97 Å². The zero-order valence-electron chi connectivity index (χ0n) is 15.9. The number of ketones is 1. The molecular weight excluding hydrogens is 366 g/mol. The summed E-state index contributed by atoms with van der Waals surface area (Å²) in [7, 11) is 2.98. The molecule has 1 fully saturated rings. The minimum Gasteiger partial charge on any atom is -0.497 e. The normalized spacial score (nSPS) is 16.9. The highest BCUT2D eigenvalue weighted by molar-refractivity contribution is 6.06. The maximum Gasteiger partial charge on any atom is 0.311 e. The smallest absolute Gasteiger partial charge is 0.311 e. The number of carbonyl (C=O) groups is 3. The van der Waals surface area contributed by atoms with Gasteiger partial charge in [-0.25, -0.2) is 0 Å². The summed E-state index contributed by atoms with van der Waals surface area (Å²) in [5.74, 6) is -2.63. The van der Waals surface area contributed by atoms with E-state index in [1.807, 2.05) is 0 Å². The van der Waals surface area contributed by atoms with E-state index in [0.717, 1.165) is 0 Å². The maximum absolute atomic E-state index is 12.4. The van der Waals surface area contributed by atoms with E-state index in [1.54, 1.807) is 24.3 Å². The van der Waals surface area contributed by atoms with Crippen LogP contribution in [0, 0.1) is 28.6 Å². The molecule has 148 valence electrons. The molecule has 0 spiro atoms. The Morgan fingerprint density at radius 1 is 1.36 bits per heavy atom. The van der Waals surface area contributed by atoms with Crippen molar-refractivity contribution in [3.8, 4) is 17.6 Å². The van der Waals surface area contributed by atoms with Crippen LogP contribution in [0.2, 0.25) is 0 Å². The van der Waals surface area contributed by atoms with Crippen molar-refractivity contribution in [3.63, 3.8) is 0 Å². The van der Waals surface area contributed by atoms with Crippen LogP contribution < -0.4 is 14.4 Å². The van der Waals surface area contributed by atoms with Crippen LogP contribution >= 0.6 is 0 Å². The summed E-state index contributed by atoms with van der Waals surface area (Å²) >= 11 is 0. The number of ether oxygens (including phenoxy) is 3. The predicted octanol–water partition coefficient (Wildman–Crippen LogP) is 1.35. The number of hydrogen-bond acceptors (Lipinski definition) is 8. The average Bonchev–Trinajstić information content (AvgIpc) is 3.07. The second-order valence-corrected chi connectivity index (χ2v) is 6.26. The Hall–Kier alpha value is -3.41. The highest BCUT2D eigenvalue weighted by atomic mass is 16.5. The monoisotopic (exact) mass is 387 g/mol. The van der Waals surface area contributed by atoms with Gasteiger partial charge in [0.2, 0.25) is 5.91 Å². The molecule has 9 nitrogen and oxygen atoms in total. The first-order chi connectivity index (χ1) is 13.3. The van der Waals surface area contributed by atoms with Gasteiger partial charge in [0.1, 0.15) is 17.4 Å². The number of nitrogens with zero attached hydrogens (tertiary/aromatic N) is 2. The summed E-state index contributed by atoms with van der Waals surface area (Å²) in [6.45, 7) is 0.813. The van der Waals surface area contributed by atoms with Gasteiger partial charge in [-0.1, -0.05) is 0 Å². The highest BCUT2D eigenvalue weighted by Gasteiger charge is 2.37. The van der Waals surface area contributed by atoms with Crippen LogP contribution in [0.5, 0.6) is 11.5 Å². The van der Waals surface area contributed by atoms with E-state index >= 15 is 0 Å². The molecule has 0 saturated carbocycles. The number of anilines is 1. The Morgan fingerprint density at radius 2 is 2.07 bits per heavy atom. The topological polar surface area (TPSA) is 130 Å². The van der Waals surface area contributed by atoms with Gasteiger partial charge in [0.25, 0.3) is 0 Å². The minimum absolute atomic E-state index is 0.0620. The van der Waals surface area contributed by atoms with Crippen LogP contribution in [0.25, 0.3) is 0 Å². The van der Waals surface area contributed by atoms with Crippen LogP contribution in [0.4, 0.5) is 5.69 Å². The van der Waals surface area contributed by atoms with Gasteiger partial charge in [0.15, 0.2) is 12.4 Å². The lowest BCUT2D eigenvalue weighted by Gasteiger charge is -2.20. The van der Waals surface area contributed by atoms with Gasteiger partial charge in [-0.05, 0) is 19.1 Å². The van der Waals surface area contributed by atoms with Crippen molar-refractivity contribution in [2.24, 2.45) is 11.8 Å². The van der Waals surface area contributed by atoms with E-state index in [-0.39, 0.29) is 24.6 Å². The Kier molecular flexibility index (Phi) is 6.71. The Labute approximate surface area is 162 Å². The lowest BCUT2D eigenvalue weighted by atomic mass is 10.0. The molecule has 1 aromatic rings. The molecule has 9 heteroatoms. The number of benzene rings is 1. The van der Waals surface area contributed by atoms with Crippen LogP contribution in [-0.4, -0.2) is 50.7 Å². The van der Waals surface area contributed by atoms with E-state index < -0.39 is 30.2 Å². The number of carbonyl (C=O) groups excluding carboxylic acids is 3. The summed E-state index contributed by atoms with van der Waals surface area (Å²) in [4.78, 5) is 38.0. The van der Waals surface area contributed by atoms with Crippen LogP contribution in [0.15, 0.2) is 18.2 Å². The fourth-order valence-electron chi connectivity index (χ4n) is 2.86. The van der Waals surface area contributed by atoms with Crippen molar-refractivity contribution >= 4 is 29.1 Å². The molecule has 1 aromatic carbocycles. The fraction of sp³-hybridized carbons (Fsp3) is 0.421. The first-order valence-corrected chi connectivity index (χ1v) is 8.48. The van der Waals surface area contributed by atoms with Crippen LogP contribution in [0.3, 0.4) is 0 Å². The van der Waals surface area contributed by atoms with E-state index in [0.29, 0.717) is 17.2 Å². The number of nitriles is 1. The number of rotatable bonds is 8. The number of nitrogens with one attached hydrogen (secondary N) is 1. The first kappa shape index (κ1) is 20.9. The van der Waals surface area contributed by atoms with Gasteiger partial charge < -0.3 is 24.5 Å². The zero-order chi connectivity index (χ0) is 20.8. The second-order valence-electron chi connectivity index (χ2n) is 6.26. The number of methoxy groups -OCH3 is 2. The van der Waals surface area contributed by atoms with E-state index in [2.05, 4.69) is 0 Å². The van der Waals surface area contributed by atoms with Crippen molar-refractivity contribution in [1.82, 2.24) is 0 Å². The number of hydrogen-bond donors (Lipinski definition) is 1. The van der Waals surface area contributed by atoms with Gasteiger partial charge in [-0.2, -0.15) is 5.26 Å². The molecule has 1 aliphatic rings. The Balaban J connectivity index is 2.04. The van der Waals surface area contributed by atoms with Crippen molar-refractivity contribution in [2.45, 2.75) is 13.3 Å². The van der Waals surface area contributed by atoms with E-state index in [1.165, 1.54) is 26.0 Å². The molecule has 2 atom stereocenters. The second kappa shape index (κ2) is 8.99. The zero-order valence-corrected chi connectivity index (χ0v) is 15.9. The molecule has 1 saturated heterocycles. The SMILES string of the molecule is COc1ccc(N2C[C@@H](C(=O)OCC(=O)C(C#N)C(C)=N)CC2=O)c(OC)c1. The summed E-state index contributed by atoms with van der Waals surface area (Å²) in [6.07, 6.45) is -0.0620. The quantitative estimate of drug-likeness (QED) is 0.526. The number of esters is 1. The van der Waals surface area contributed by atoms with Crippen LogP contribution in [-0.2, 0) is 19.1 Å². The average molecular weight is 387 g/mol. The lowest BCUT2D eigenvalue weighted by molar-refractivity contribution is -0.152. The van der Waals surface area contributed by atoms with E-state index in [9.17, 15) is 14.4 Å². The molecule has 1 heterocycles. The molecule has 1 N–H and O–H groups in total. The molecule has 1 aliphatic heterocycles. The molecular formula is C19H21N3O6. The van der Waals surface area contributed by atoms with Crippen LogP contribution in [0.1, 0.15) is 13.3 Å². The molecule has 0 aromatic heterocycles. The van der Waals surface area contributed by atoms with Crippen molar-refractivity contribution in [1.29, 1.82) is 10.7 Å². The summed E-state index contributed by atoms with van der Waals surface area (Å²) in [5, 5.41) is 16.3. The van der Waals surface area contributed by atoms with Crippen molar-refractivity contribution in [2.75, 3.05) is 32.3 Å². The number of amides is 1. The highest BCUT2D eigenvalue weighted by Crippen LogP contribution is 2.36. The van der Waals surface area contributed by atoms with E-state index in [4.69, 9.17) is 24.9 Å². The minimum atomic E-state index is -1.24. The number of Topliss-reactive ketones (excluding diaryl/α,β-unsaturated/α-hetero) is 1. The molecule has 28 heavy (non-hydrogen) atoms. The summed E-state index contributed by atoms with van der Waals surface area (Å²) in [5.41, 5.74) is 0.390. The summed E-state index contributed by atoms with van der Waals surface area (Å²) in [6, 6.07) is 6.68. The van der Waals surface area contributed by atoms with Crippen molar-refractivity contribution in [3.05, 3.63) is 18.2 Å². The molecule has 0 radical (unpaired) electrons. The third-order valence-electron chi connectivity index (χ3n) is 4.38. The molecule has 1 unspecified atom stereocenters. The maximum atomic E-state index is 12.4. The van der Waals surface area contributed by atoms with Gasteiger partial charge in [0, 0.05) is 24.7 Å². The molecule has 1 amide bonds. The van der Waals surface area contributed by atoms with Gasteiger partial charge in [0.05, 0.1) is 31.9 Å². The predicted molar refractivity (Wildman–Crippen MR) is 98.5 cm³/mol. The Bertz CT molecular complexity index is 845. The Morgan fingerprint density at radius 3 is 2.64 bits per heavy atom. The summed E-state index contributed by atoms with van der Waals surface area (Å²) < 4.78 is 15.4. The lowest BCUT2D eigenvalue weighted by Crippen LogP contribution is -2.29. The van der Waals surface area contributed by atoms with Gasteiger partial charge in [-0.3, -0.25) is 14.4 Å². The first-order valence-electron chi connectivity index (χ1n) is 8.48. The molecule has 2 rings (SSSR count).